The van der Waals surface area contributed by atoms with E-state index < -0.39 is 9.84 Å². The maximum Gasteiger partial charge on any atom is 0.149 e. The Morgan fingerprint density at radius 1 is 1.42 bits per heavy atom. The van der Waals surface area contributed by atoms with E-state index in [0.29, 0.717) is 5.82 Å². The van der Waals surface area contributed by atoms with Gasteiger partial charge in [-0.3, -0.25) is 0 Å². The lowest BCUT2D eigenvalue weighted by Gasteiger charge is -2.17. The normalized spacial score (nSPS) is 13.9. The van der Waals surface area contributed by atoms with Gasteiger partial charge in [0.25, 0.3) is 0 Å². The summed E-state index contributed by atoms with van der Waals surface area (Å²) >= 11 is 5.94. The molecule has 0 bridgehead atoms. The highest BCUT2D eigenvalue weighted by Gasteiger charge is 2.19. The summed E-state index contributed by atoms with van der Waals surface area (Å²) in [7, 11) is -3.05. The van der Waals surface area contributed by atoms with Crippen molar-refractivity contribution in [1.29, 1.82) is 0 Å². The second kappa shape index (κ2) is 5.13. The van der Waals surface area contributed by atoms with E-state index >= 15 is 0 Å². The SMILES string of the molecule is Cc1cccc2nc(CCl)n(C(C)CS(C)(=O)=O)c12. The zero-order valence-electron chi connectivity index (χ0n) is 11.2. The smallest absolute Gasteiger partial charge is 0.149 e. The zero-order valence-corrected chi connectivity index (χ0v) is 12.8. The van der Waals surface area contributed by atoms with Crippen LogP contribution in [0, 0.1) is 6.92 Å². The topological polar surface area (TPSA) is 52.0 Å². The van der Waals surface area contributed by atoms with Gasteiger partial charge in [0.1, 0.15) is 15.7 Å². The highest BCUT2D eigenvalue weighted by atomic mass is 35.5. The molecule has 0 aliphatic rings. The van der Waals surface area contributed by atoms with Crippen molar-refractivity contribution in [1.82, 2.24) is 9.55 Å². The zero-order chi connectivity index (χ0) is 14.2. The van der Waals surface area contributed by atoms with Gasteiger partial charge in [0, 0.05) is 12.3 Å². The molecule has 0 aliphatic heterocycles. The molecule has 104 valence electrons. The molecule has 0 radical (unpaired) electrons. The molecule has 0 N–H and O–H groups in total. The predicted molar refractivity (Wildman–Crippen MR) is 78.4 cm³/mol. The van der Waals surface area contributed by atoms with Gasteiger partial charge in [0.05, 0.1) is 22.7 Å². The lowest BCUT2D eigenvalue weighted by Crippen LogP contribution is -2.18. The predicted octanol–water partition coefficient (Wildman–Crippen LogP) is 2.69. The number of alkyl halides is 1. The highest BCUT2D eigenvalue weighted by Crippen LogP contribution is 2.25. The quantitative estimate of drug-likeness (QED) is 0.816. The van der Waals surface area contributed by atoms with Crippen LogP contribution in [-0.4, -0.2) is 30.0 Å². The number of rotatable bonds is 4. The summed E-state index contributed by atoms with van der Waals surface area (Å²) < 4.78 is 24.9. The second-order valence-electron chi connectivity index (χ2n) is 4.92. The van der Waals surface area contributed by atoms with Crippen molar-refractivity contribution in [2.45, 2.75) is 25.8 Å². The van der Waals surface area contributed by atoms with Crippen molar-refractivity contribution in [2.24, 2.45) is 0 Å². The second-order valence-corrected chi connectivity index (χ2v) is 7.37. The van der Waals surface area contributed by atoms with E-state index in [1.165, 1.54) is 6.26 Å². The Labute approximate surface area is 118 Å². The van der Waals surface area contributed by atoms with Gasteiger partial charge in [-0.05, 0) is 25.5 Å². The summed E-state index contributed by atoms with van der Waals surface area (Å²) in [5.74, 6) is 1.06. The first-order valence-electron chi connectivity index (χ1n) is 6.03. The number of nitrogens with zero attached hydrogens (tertiary/aromatic N) is 2. The van der Waals surface area contributed by atoms with Crippen LogP contribution >= 0.6 is 11.6 Å². The van der Waals surface area contributed by atoms with Gasteiger partial charge in [-0.2, -0.15) is 0 Å². The van der Waals surface area contributed by atoms with E-state index in [4.69, 9.17) is 11.6 Å². The van der Waals surface area contributed by atoms with Crippen molar-refractivity contribution in [3.05, 3.63) is 29.6 Å². The molecule has 0 amide bonds. The van der Waals surface area contributed by atoms with Crippen LogP contribution in [0.25, 0.3) is 11.0 Å². The number of benzene rings is 1. The fourth-order valence-electron chi connectivity index (χ4n) is 2.45. The first-order chi connectivity index (χ1) is 8.83. The van der Waals surface area contributed by atoms with E-state index in [2.05, 4.69) is 4.98 Å². The molecule has 2 rings (SSSR count). The maximum atomic E-state index is 11.5. The van der Waals surface area contributed by atoms with Crippen molar-refractivity contribution >= 4 is 32.5 Å². The van der Waals surface area contributed by atoms with Crippen LogP contribution in [0.4, 0.5) is 0 Å². The molecule has 0 saturated carbocycles. The number of hydrogen-bond donors (Lipinski definition) is 0. The van der Waals surface area contributed by atoms with Gasteiger partial charge in [0.2, 0.25) is 0 Å². The van der Waals surface area contributed by atoms with Crippen LogP contribution in [-0.2, 0) is 15.7 Å². The molecular formula is C13H17ClN2O2S. The number of halogens is 1. The van der Waals surface area contributed by atoms with Crippen molar-refractivity contribution in [3.63, 3.8) is 0 Å². The van der Waals surface area contributed by atoms with Gasteiger partial charge in [-0.25, -0.2) is 13.4 Å². The average molecular weight is 301 g/mol. The van der Waals surface area contributed by atoms with Gasteiger partial charge < -0.3 is 4.57 Å². The maximum absolute atomic E-state index is 11.5. The monoisotopic (exact) mass is 300 g/mol. The Kier molecular flexibility index (Phi) is 3.87. The minimum absolute atomic E-state index is 0.0800. The van der Waals surface area contributed by atoms with E-state index in [1.807, 2.05) is 36.6 Å². The third-order valence-corrected chi connectivity index (χ3v) is 4.42. The van der Waals surface area contributed by atoms with Crippen LogP contribution in [0.3, 0.4) is 0 Å². The summed E-state index contributed by atoms with van der Waals surface area (Å²) in [6.07, 6.45) is 1.25. The van der Waals surface area contributed by atoms with Crippen LogP contribution < -0.4 is 0 Å². The summed E-state index contributed by atoms with van der Waals surface area (Å²) in [4.78, 5) is 4.48. The molecule has 1 aromatic carbocycles. The van der Waals surface area contributed by atoms with Gasteiger partial charge in [-0.15, -0.1) is 11.6 Å². The molecule has 6 heteroatoms. The van der Waals surface area contributed by atoms with Crippen molar-refractivity contribution in [3.8, 4) is 0 Å². The molecule has 0 aliphatic carbocycles. The summed E-state index contributed by atoms with van der Waals surface area (Å²) in [6, 6.07) is 5.66. The minimum Gasteiger partial charge on any atom is -0.323 e. The molecule has 4 nitrogen and oxygen atoms in total. The largest absolute Gasteiger partial charge is 0.323 e. The number of para-hydroxylation sites is 1. The molecule has 1 aromatic heterocycles. The van der Waals surface area contributed by atoms with Crippen molar-refractivity contribution < 1.29 is 8.42 Å². The lowest BCUT2D eigenvalue weighted by atomic mass is 10.2. The molecule has 0 fully saturated rings. The fraction of sp³-hybridized carbons (Fsp3) is 0.462. The Bertz CT molecular complexity index is 707. The van der Waals surface area contributed by atoms with Gasteiger partial charge in [0.15, 0.2) is 0 Å². The summed E-state index contributed by atoms with van der Waals surface area (Å²) in [5.41, 5.74) is 2.90. The molecule has 1 unspecified atom stereocenters. The first-order valence-corrected chi connectivity index (χ1v) is 8.63. The molecule has 1 heterocycles. The van der Waals surface area contributed by atoms with E-state index in [-0.39, 0.29) is 17.7 Å². The van der Waals surface area contributed by atoms with E-state index in [0.717, 1.165) is 16.6 Å². The third-order valence-electron chi connectivity index (χ3n) is 3.09. The molecular weight excluding hydrogens is 284 g/mol. The van der Waals surface area contributed by atoms with E-state index in [9.17, 15) is 8.42 Å². The van der Waals surface area contributed by atoms with Crippen LogP contribution in [0.15, 0.2) is 18.2 Å². The average Bonchev–Trinajstić information content (AvgIpc) is 2.66. The summed E-state index contributed by atoms with van der Waals surface area (Å²) in [5, 5.41) is 0. The number of hydrogen-bond acceptors (Lipinski definition) is 3. The lowest BCUT2D eigenvalue weighted by molar-refractivity contribution is 0.560. The summed E-state index contributed by atoms with van der Waals surface area (Å²) in [6.45, 7) is 3.87. The van der Waals surface area contributed by atoms with Crippen LogP contribution in [0.5, 0.6) is 0 Å². The third kappa shape index (κ3) is 2.92. The first kappa shape index (κ1) is 14.3. The number of aromatic nitrogens is 2. The molecule has 0 saturated heterocycles. The van der Waals surface area contributed by atoms with Crippen LogP contribution in [0.1, 0.15) is 24.4 Å². The highest BCUT2D eigenvalue weighted by molar-refractivity contribution is 7.90. The molecule has 1 atom stereocenters. The standard InChI is InChI=1S/C13H17ClN2O2S/c1-9-5-4-6-11-13(9)16(12(7-14)15-11)10(2)8-19(3,17)18/h4-6,10H,7-8H2,1-3H3. The Hall–Kier alpha value is -1.07. The molecule has 2 aromatic rings. The van der Waals surface area contributed by atoms with Crippen molar-refractivity contribution in [2.75, 3.05) is 12.0 Å². The number of imidazole rings is 1. The van der Waals surface area contributed by atoms with Gasteiger partial charge >= 0.3 is 0 Å². The van der Waals surface area contributed by atoms with E-state index in [1.54, 1.807) is 0 Å². The Morgan fingerprint density at radius 3 is 2.68 bits per heavy atom. The molecule has 19 heavy (non-hydrogen) atoms. The molecule has 0 spiro atoms. The Balaban J connectivity index is 2.63. The fourth-order valence-corrected chi connectivity index (χ4v) is 3.66. The number of sulfone groups is 1. The number of aryl methyl sites for hydroxylation is 1. The number of fused-ring (bicyclic) bond motifs is 1. The Morgan fingerprint density at radius 2 is 2.11 bits per heavy atom. The minimum atomic E-state index is -3.05. The van der Waals surface area contributed by atoms with Gasteiger partial charge in [-0.1, -0.05) is 12.1 Å². The van der Waals surface area contributed by atoms with Crippen LogP contribution in [0.2, 0.25) is 0 Å².